The van der Waals surface area contributed by atoms with E-state index < -0.39 is 0 Å². The number of carbonyl (C=O) groups is 2. The lowest BCUT2D eigenvalue weighted by Gasteiger charge is -2.33. The van der Waals surface area contributed by atoms with Crippen LogP contribution in [0.3, 0.4) is 0 Å². The zero-order valence-corrected chi connectivity index (χ0v) is 18.0. The highest BCUT2D eigenvalue weighted by atomic mass is 16.2. The number of hydrogen-bond acceptors (Lipinski definition) is 7. The summed E-state index contributed by atoms with van der Waals surface area (Å²) in [7, 11) is 0. The van der Waals surface area contributed by atoms with Gasteiger partial charge < -0.3 is 10.6 Å². The first kappa shape index (κ1) is 21.8. The minimum Gasteiger partial charge on any atom is -0.383 e. The molecule has 3 heterocycles. The third kappa shape index (κ3) is 5.37. The molecule has 1 saturated heterocycles. The molecular formula is C22H30N6O2. The van der Waals surface area contributed by atoms with Gasteiger partial charge in [0, 0.05) is 42.9 Å². The van der Waals surface area contributed by atoms with Crippen LogP contribution in [0.4, 0.5) is 5.82 Å². The molecule has 30 heavy (non-hydrogen) atoms. The summed E-state index contributed by atoms with van der Waals surface area (Å²) in [4.78, 5) is 35.7. The first-order valence-corrected chi connectivity index (χ1v) is 10.5. The summed E-state index contributed by atoms with van der Waals surface area (Å²) in [6.07, 6.45) is 5.48. The van der Waals surface area contributed by atoms with Crippen molar-refractivity contribution < 1.29 is 9.59 Å². The fourth-order valence-electron chi connectivity index (χ4n) is 4.09. The molecule has 0 bridgehead atoms. The number of Topliss-reactive ketones (excluding diaryl/α,β-unsaturated/α-hetero) is 1. The molecule has 0 unspecified atom stereocenters. The molecule has 8 nitrogen and oxygen atoms in total. The zero-order valence-electron chi connectivity index (χ0n) is 18.0. The van der Waals surface area contributed by atoms with Crippen LogP contribution in [0.25, 0.3) is 0 Å². The molecule has 1 aliphatic heterocycles. The number of amides is 1. The molecule has 160 valence electrons. The number of carbonyl (C=O) groups excluding carboxylic acids is 2. The summed E-state index contributed by atoms with van der Waals surface area (Å²) < 4.78 is 0. The van der Waals surface area contributed by atoms with Gasteiger partial charge in [0.05, 0.1) is 0 Å². The van der Waals surface area contributed by atoms with E-state index >= 15 is 0 Å². The van der Waals surface area contributed by atoms with Crippen molar-refractivity contribution in [3.8, 4) is 0 Å². The monoisotopic (exact) mass is 410 g/mol. The lowest BCUT2D eigenvalue weighted by atomic mass is 9.89. The van der Waals surface area contributed by atoms with Crippen molar-refractivity contribution in [2.24, 2.45) is 11.8 Å². The normalized spacial score (nSPS) is 15.8. The molecular weight excluding hydrogens is 380 g/mol. The Kier molecular flexibility index (Phi) is 7.07. The van der Waals surface area contributed by atoms with Crippen LogP contribution in [0.2, 0.25) is 0 Å². The number of likely N-dealkylation sites (tertiary alicyclic amines) is 1. The number of anilines is 1. The summed E-state index contributed by atoms with van der Waals surface area (Å²) in [5, 5.41) is 7.56. The van der Waals surface area contributed by atoms with Gasteiger partial charge in [0.15, 0.2) is 5.78 Å². The quantitative estimate of drug-likeness (QED) is 0.697. The second kappa shape index (κ2) is 9.73. The van der Waals surface area contributed by atoms with E-state index in [0.717, 1.165) is 50.0 Å². The van der Waals surface area contributed by atoms with Crippen LogP contribution in [0, 0.1) is 25.7 Å². The standard InChI is InChI=1S/C22H30N6O2/c1-14(13-20(29)19-5-4-10-24-27-19)22(30)28-11-8-17(9-12-28)6-7-18-15(2)25-16(3)26-21(18)23/h4-5,10,14,17H,6-9,11-13H2,1-3H3,(H2,23,25,26)/t14-/m1/s1. The maximum absolute atomic E-state index is 12.8. The predicted octanol–water partition coefficient (Wildman–Crippen LogP) is 2.55. The number of nitrogen functional groups attached to an aromatic ring is 1. The van der Waals surface area contributed by atoms with E-state index in [2.05, 4.69) is 20.2 Å². The number of hydrogen-bond donors (Lipinski definition) is 1. The first-order chi connectivity index (χ1) is 14.3. The van der Waals surface area contributed by atoms with Crippen molar-refractivity contribution in [3.05, 3.63) is 41.1 Å². The molecule has 3 rings (SSSR count). The second-order valence-electron chi connectivity index (χ2n) is 8.16. The SMILES string of the molecule is Cc1nc(C)c(CCC2CCN(C(=O)[C@H](C)CC(=O)c3cccnn3)CC2)c(N)n1. The summed E-state index contributed by atoms with van der Waals surface area (Å²) in [6, 6.07) is 3.31. The number of aromatic nitrogens is 4. The highest BCUT2D eigenvalue weighted by Crippen LogP contribution is 2.26. The van der Waals surface area contributed by atoms with Crippen molar-refractivity contribution in [2.45, 2.75) is 52.9 Å². The molecule has 8 heteroatoms. The maximum Gasteiger partial charge on any atom is 0.225 e. The van der Waals surface area contributed by atoms with Crippen LogP contribution >= 0.6 is 0 Å². The van der Waals surface area contributed by atoms with Crippen molar-refractivity contribution in [1.82, 2.24) is 25.1 Å². The molecule has 1 aliphatic rings. The van der Waals surface area contributed by atoms with Crippen LogP contribution in [-0.4, -0.2) is 49.8 Å². The van der Waals surface area contributed by atoms with Crippen molar-refractivity contribution in [1.29, 1.82) is 0 Å². The highest BCUT2D eigenvalue weighted by Gasteiger charge is 2.28. The number of aryl methyl sites for hydroxylation is 2. The third-order valence-electron chi connectivity index (χ3n) is 5.86. The molecule has 2 aromatic rings. The minimum absolute atomic E-state index is 0.0395. The topological polar surface area (TPSA) is 115 Å². The number of rotatable bonds is 7. The van der Waals surface area contributed by atoms with Crippen LogP contribution in [0.5, 0.6) is 0 Å². The van der Waals surface area contributed by atoms with Gasteiger partial charge in [-0.1, -0.05) is 6.92 Å². The van der Waals surface area contributed by atoms with Gasteiger partial charge in [-0.3, -0.25) is 9.59 Å². The smallest absolute Gasteiger partial charge is 0.225 e. The van der Waals surface area contributed by atoms with Gasteiger partial charge in [0.25, 0.3) is 0 Å². The Hall–Kier alpha value is -2.90. The molecule has 0 radical (unpaired) electrons. The number of ketones is 1. The first-order valence-electron chi connectivity index (χ1n) is 10.5. The predicted molar refractivity (Wildman–Crippen MR) is 114 cm³/mol. The molecule has 0 spiro atoms. The lowest BCUT2D eigenvalue weighted by molar-refractivity contribution is -0.136. The van der Waals surface area contributed by atoms with Gasteiger partial charge in [-0.15, -0.1) is 5.10 Å². The molecule has 2 aromatic heterocycles. The van der Waals surface area contributed by atoms with Gasteiger partial charge in [-0.2, -0.15) is 5.10 Å². The van der Waals surface area contributed by atoms with Crippen LogP contribution in [-0.2, 0) is 11.2 Å². The minimum atomic E-state index is -0.358. The molecule has 0 aromatic carbocycles. The molecule has 1 amide bonds. The van der Waals surface area contributed by atoms with E-state index in [1.807, 2.05) is 25.7 Å². The summed E-state index contributed by atoms with van der Waals surface area (Å²) in [6.45, 7) is 7.09. The number of nitrogens with two attached hydrogens (primary N) is 1. The fourth-order valence-corrected chi connectivity index (χ4v) is 4.09. The van der Waals surface area contributed by atoms with Gasteiger partial charge in [0.1, 0.15) is 17.3 Å². The Morgan fingerprint density at radius 1 is 1.23 bits per heavy atom. The van der Waals surface area contributed by atoms with Gasteiger partial charge >= 0.3 is 0 Å². The van der Waals surface area contributed by atoms with Gasteiger partial charge in [-0.25, -0.2) is 9.97 Å². The van der Waals surface area contributed by atoms with Crippen LogP contribution in [0.1, 0.15) is 60.2 Å². The Morgan fingerprint density at radius 2 is 1.97 bits per heavy atom. The van der Waals surface area contributed by atoms with Crippen molar-refractivity contribution in [2.75, 3.05) is 18.8 Å². The fraction of sp³-hybridized carbons (Fsp3) is 0.545. The van der Waals surface area contributed by atoms with E-state index in [1.54, 1.807) is 12.1 Å². The van der Waals surface area contributed by atoms with E-state index in [-0.39, 0.29) is 24.0 Å². The Balaban J connectivity index is 1.47. The van der Waals surface area contributed by atoms with E-state index in [4.69, 9.17) is 5.73 Å². The third-order valence-corrected chi connectivity index (χ3v) is 5.86. The van der Waals surface area contributed by atoms with E-state index in [0.29, 0.717) is 23.3 Å². The van der Waals surface area contributed by atoms with E-state index in [1.165, 1.54) is 6.20 Å². The number of nitrogens with zero attached hydrogens (tertiary/aromatic N) is 5. The summed E-state index contributed by atoms with van der Waals surface area (Å²) in [5.41, 5.74) is 8.38. The second-order valence-corrected chi connectivity index (χ2v) is 8.16. The Labute approximate surface area is 177 Å². The Morgan fingerprint density at radius 3 is 2.60 bits per heavy atom. The van der Waals surface area contributed by atoms with E-state index in [9.17, 15) is 9.59 Å². The van der Waals surface area contributed by atoms with Crippen LogP contribution < -0.4 is 5.73 Å². The maximum atomic E-state index is 12.8. The average molecular weight is 411 g/mol. The molecule has 0 saturated carbocycles. The average Bonchev–Trinajstić information content (AvgIpc) is 2.73. The van der Waals surface area contributed by atoms with Gasteiger partial charge in [0.2, 0.25) is 5.91 Å². The molecule has 1 atom stereocenters. The largest absolute Gasteiger partial charge is 0.383 e. The van der Waals surface area contributed by atoms with Crippen LogP contribution in [0.15, 0.2) is 18.3 Å². The Bertz CT molecular complexity index is 871. The van der Waals surface area contributed by atoms with Crippen molar-refractivity contribution in [3.63, 3.8) is 0 Å². The number of piperidine rings is 1. The zero-order chi connectivity index (χ0) is 21.7. The molecule has 1 fully saturated rings. The summed E-state index contributed by atoms with van der Waals surface area (Å²) in [5.74, 6) is 1.36. The lowest BCUT2D eigenvalue weighted by Crippen LogP contribution is -2.41. The summed E-state index contributed by atoms with van der Waals surface area (Å²) >= 11 is 0. The molecule has 2 N–H and O–H groups in total. The van der Waals surface area contributed by atoms with Gasteiger partial charge in [-0.05, 0) is 57.6 Å². The molecule has 0 aliphatic carbocycles. The highest BCUT2D eigenvalue weighted by molar-refractivity contribution is 5.96. The van der Waals surface area contributed by atoms with Crippen molar-refractivity contribution >= 4 is 17.5 Å².